The van der Waals surface area contributed by atoms with Crippen LogP contribution in [0.15, 0.2) is 24.3 Å². The van der Waals surface area contributed by atoms with E-state index in [-0.39, 0.29) is 41.0 Å². The van der Waals surface area contributed by atoms with Crippen molar-refractivity contribution in [3.8, 4) is 0 Å². The molecule has 3 aliphatic rings. The largest absolute Gasteiger partial charge is 0.396 e. The number of aliphatic hydroxyl groups is 1. The van der Waals surface area contributed by atoms with Crippen LogP contribution in [0.2, 0.25) is 0 Å². The topological polar surface area (TPSA) is 66.4 Å². The molecule has 0 bridgehead atoms. The molecule has 1 amide bonds. The van der Waals surface area contributed by atoms with Gasteiger partial charge in [-0.15, -0.1) is 0 Å². The summed E-state index contributed by atoms with van der Waals surface area (Å²) in [7, 11) is 0. The highest BCUT2D eigenvalue weighted by atomic mass is 19.1. The maximum absolute atomic E-state index is 13.1. The molecule has 0 radical (unpaired) electrons. The van der Waals surface area contributed by atoms with E-state index in [1.54, 1.807) is 12.1 Å². The van der Waals surface area contributed by atoms with E-state index in [9.17, 15) is 19.1 Å². The number of benzene rings is 1. The first kappa shape index (κ1) is 16.7. The Labute approximate surface area is 146 Å². The molecule has 1 spiro atoms. The van der Waals surface area contributed by atoms with Crippen LogP contribution in [0.1, 0.15) is 50.0 Å². The summed E-state index contributed by atoms with van der Waals surface area (Å²) in [6.07, 6.45) is 4.59. The fourth-order valence-electron chi connectivity index (χ4n) is 4.62. The molecule has 5 heteroatoms. The number of carbonyl (C=O) groups excluding carboxylic acids is 2. The number of nitrogens with one attached hydrogen (secondary N) is 1. The average molecular weight is 345 g/mol. The molecule has 134 valence electrons. The Balaban J connectivity index is 1.33. The van der Waals surface area contributed by atoms with Crippen molar-refractivity contribution in [2.45, 2.75) is 44.4 Å². The first-order valence-corrected chi connectivity index (χ1v) is 9.14. The first-order chi connectivity index (χ1) is 12.0. The number of carbonyl (C=O) groups is 2. The molecule has 3 unspecified atom stereocenters. The predicted octanol–water partition coefficient (Wildman–Crippen LogP) is 2.56. The van der Waals surface area contributed by atoms with Crippen LogP contribution in [0.4, 0.5) is 4.39 Å². The highest BCUT2D eigenvalue weighted by molar-refractivity contribution is 5.85. The minimum absolute atomic E-state index is 0.0135. The van der Waals surface area contributed by atoms with E-state index in [0.717, 1.165) is 31.2 Å². The quantitative estimate of drug-likeness (QED) is 0.862. The van der Waals surface area contributed by atoms with Crippen molar-refractivity contribution in [2.75, 3.05) is 13.2 Å². The Morgan fingerprint density at radius 3 is 2.52 bits per heavy atom. The third kappa shape index (κ3) is 2.99. The lowest BCUT2D eigenvalue weighted by atomic mass is 9.83. The van der Waals surface area contributed by atoms with Gasteiger partial charge in [-0.1, -0.05) is 12.1 Å². The Bertz CT molecular complexity index is 691. The fraction of sp³-hybridized carbons (Fsp3) is 0.600. The van der Waals surface area contributed by atoms with Crippen LogP contribution in [0, 0.1) is 22.6 Å². The monoisotopic (exact) mass is 345 g/mol. The van der Waals surface area contributed by atoms with Gasteiger partial charge in [-0.2, -0.15) is 0 Å². The molecule has 0 saturated heterocycles. The van der Waals surface area contributed by atoms with Crippen LogP contribution < -0.4 is 5.32 Å². The van der Waals surface area contributed by atoms with Gasteiger partial charge in [0.1, 0.15) is 11.6 Å². The lowest BCUT2D eigenvalue weighted by Crippen LogP contribution is -2.35. The van der Waals surface area contributed by atoms with Crippen LogP contribution in [0.5, 0.6) is 0 Å². The van der Waals surface area contributed by atoms with Gasteiger partial charge in [-0.25, -0.2) is 4.39 Å². The molecule has 4 nitrogen and oxygen atoms in total. The highest BCUT2D eigenvalue weighted by Crippen LogP contribution is 2.62. The number of aliphatic hydroxyl groups excluding tert-OH is 1. The zero-order valence-electron chi connectivity index (χ0n) is 14.3. The summed E-state index contributed by atoms with van der Waals surface area (Å²) in [6, 6.07) is 6.39. The number of halogens is 1. The molecule has 1 aromatic rings. The molecule has 2 N–H and O–H groups in total. The molecule has 25 heavy (non-hydrogen) atoms. The van der Waals surface area contributed by atoms with Gasteiger partial charge in [-0.3, -0.25) is 9.59 Å². The van der Waals surface area contributed by atoms with E-state index in [1.165, 1.54) is 12.1 Å². The summed E-state index contributed by atoms with van der Waals surface area (Å²) in [5, 5.41) is 12.9. The normalized spacial score (nSPS) is 32.5. The summed E-state index contributed by atoms with van der Waals surface area (Å²) in [5.74, 6) is 0.304. The minimum Gasteiger partial charge on any atom is -0.396 e. The second-order valence-electron chi connectivity index (χ2n) is 8.20. The maximum atomic E-state index is 13.1. The number of hydrogen-bond donors (Lipinski definition) is 2. The summed E-state index contributed by atoms with van der Waals surface area (Å²) in [6.45, 7) is 0.468. The van der Waals surface area contributed by atoms with Crippen LogP contribution in [-0.4, -0.2) is 29.9 Å². The molecule has 0 heterocycles. The van der Waals surface area contributed by atoms with E-state index in [2.05, 4.69) is 5.32 Å². The molecule has 4 rings (SSSR count). The van der Waals surface area contributed by atoms with Gasteiger partial charge < -0.3 is 10.4 Å². The van der Waals surface area contributed by atoms with E-state index in [4.69, 9.17) is 0 Å². The number of Topliss-reactive ketones (excluding diaryl/α,β-unsaturated/α-hetero) is 1. The van der Waals surface area contributed by atoms with Gasteiger partial charge in [0.2, 0.25) is 5.91 Å². The van der Waals surface area contributed by atoms with Crippen molar-refractivity contribution in [3.63, 3.8) is 0 Å². The molecule has 1 aromatic carbocycles. The van der Waals surface area contributed by atoms with Crippen molar-refractivity contribution in [3.05, 3.63) is 35.6 Å². The van der Waals surface area contributed by atoms with Crippen molar-refractivity contribution in [2.24, 2.45) is 16.7 Å². The second-order valence-corrected chi connectivity index (χ2v) is 8.20. The third-order valence-electron chi connectivity index (χ3n) is 6.70. The van der Waals surface area contributed by atoms with Crippen molar-refractivity contribution in [1.82, 2.24) is 5.32 Å². The minimum atomic E-state index is -0.321. The first-order valence-electron chi connectivity index (χ1n) is 9.14. The lowest BCUT2D eigenvalue weighted by molar-refractivity contribution is -0.125. The summed E-state index contributed by atoms with van der Waals surface area (Å²) in [5.41, 5.74) is 0.751. The molecular formula is C20H24FNO3. The van der Waals surface area contributed by atoms with E-state index < -0.39 is 0 Å². The Hall–Kier alpha value is -1.75. The van der Waals surface area contributed by atoms with Crippen molar-refractivity contribution >= 4 is 11.7 Å². The van der Waals surface area contributed by atoms with E-state index >= 15 is 0 Å². The zero-order chi connectivity index (χ0) is 17.7. The number of hydrogen-bond acceptors (Lipinski definition) is 3. The molecular weight excluding hydrogens is 321 g/mol. The fourth-order valence-corrected chi connectivity index (χ4v) is 4.62. The van der Waals surface area contributed by atoms with Crippen LogP contribution in [-0.2, 0) is 9.59 Å². The van der Waals surface area contributed by atoms with Crippen LogP contribution in [0.25, 0.3) is 0 Å². The van der Waals surface area contributed by atoms with Crippen molar-refractivity contribution in [1.29, 1.82) is 0 Å². The zero-order valence-corrected chi connectivity index (χ0v) is 14.3. The predicted molar refractivity (Wildman–Crippen MR) is 90.3 cm³/mol. The maximum Gasteiger partial charge on any atom is 0.223 e. The standard InChI is InChI=1S/C20H24FNO3/c21-14-3-1-13(2-4-14)16-9-20(16,12-23)11-22-18(25)17-10-19(17)7-5-15(24)6-8-19/h1-4,16-17,23H,5-12H2,(H,22,25). The summed E-state index contributed by atoms with van der Waals surface area (Å²) >= 11 is 0. The van der Waals surface area contributed by atoms with Crippen molar-refractivity contribution < 1.29 is 19.1 Å². The average Bonchev–Trinajstić information content (AvgIpc) is 3.52. The van der Waals surface area contributed by atoms with Gasteiger partial charge in [0.15, 0.2) is 0 Å². The van der Waals surface area contributed by atoms with Gasteiger partial charge in [0.25, 0.3) is 0 Å². The van der Waals surface area contributed by atoms with E-state index in [1.807, 2.05) is 0 Å². The second kappa shape index (κ2) is 5.90. The molecule has 3 atom stereocenters. The van der Waals surface area contributed by atoms with E-state index in [0.29, 0.717) is 25.2 Å². The molecule has 3 saturated carbocycles. The van der Waals surface area contributed by atoms with Gasteiger partial charge in [-0.05, 0) is 54.7 Å². The Kier molecular flexibility index (Phi) is 3.95. The third-order valence-corrected chi connectivity index (χ3v) is 6.70. The molecule has 0 aromatic heterocycles. The summed E-state index contributed by atoms with van der Waals surface area (Å²) < 4.78 is 13.1. The number of rotatable bonds is 5. The molecule has 3 fully saturated rings. The van der Waals surface area contributed by atoms with Crippen LogP contribution in [0.3, 0.4) is 0 Å². The number of ketones is 1. The highest BCUT2D eigenvalue weighted by Gasteiger charge is 2.59. The smallest absolute Gasteiger partial charge is 0.223 e. The Morgan fingerprint density at radius 2 is 1.88 bits per heavy atom. The lowest BCUT2D eigenvalue weighted by Gasteiger charge is -2.22. The molecule has 3 aliphatic carbocycles. The van der Waals surface area contributed by atoms with Gasteiger partial charge in [0.05, 0.1) is 6.61 Å². The SMILES string of the molecule is O=C1CCC2(CC1)CC2C(=O)NCC1(CO)CC1c1ccc(F)cc1. The summed E-state index contributed by atoms with van der Waals surface area (Å²) in [4.78, 5) is 23.9. The van der Waals surface area contributed by atoms with Gasteiger partial charge >= 0.3 is 0 Å². The molecule has 0 aliphatic heterocycles. The Morgan fingerprint density at radius 1 is 1.20 bits per heavy atom. The number of amides is 1. The van der Waals surface area contributed by atoms with Crippen LogP contribution >= 0.6 is 0 Å². The van der Waals surface area contributed by atoms with Gasteiger partial charge in [0, 0.05) is 30.7 Å².